The molecular weight excluding hydrogens is 240 g/mol. The zero-order valence-corrected chi connectivity index (χ0v) is 10.7. The molecule has 0 aliphatic carbocycles. The molecule has 0 aromatic heterocycles. The van der Waals surface area contributed by atoms with Crippen LogP contribution < -0.4 is 0 Å². The highest BCUT2D eigenvalue weighted by molar-refractivity contribution is 5.87. The Kier molecular flexibility index (Phi) is 15.0. The minimum atomic E-state index is -0.935. The second kappa shape index (κ2) is 12.8. The number of aldehydes is 1. The molecule has 0 fully saturated rings. The molecule has 2 N–H and O–H groups in total. The van der Waals surface area contributed by atoms with Crippen LogP contribution in [-0.2, 0) is 19.2 Å². The van der Waals surface area contributed by atoms with Crippen molar-refractivity contribution < 1.29 is 29.4 Å². The lowest BCUT2D eigenvalue weighted by Crippen LogP contribution is -1.92. The van der Waals surface area contributed by atoms with E-state index < -0.39 is 11.9 Å². The Morgan fingerprint density at radius 3 is 1.17 bits per heavy atom. The van der Waals surface area contributed by atoms with Crippen molar-refractivity contribution in [3.05, 3.63) is 24.3 Å². The fourth-order valence-electron chi connectivity index (χ4n) is 0.117. The summed E-state index contributed by atoms with van der Waals surface area (Å²) in [5, 5.41) is 15.8. The molecule has 0 saturated carbocycles. The molecule has 0 bridgehead atoms. The second-order valence-corrected chi connectivity index (χ2v) is 3.24. The van der Waals surface area contributed by atoms with E-state index in [1.807, 2.05) is 0 Å². The number of aliphatic carboxylic acids is 2. The van der Waals surface area contributed by atoms with Crippen LogP contribution in [0.5, 0.6) is 0 Å². The van der Waals surface area contributed by atoms with Crippen molar-refractivity contribution in [1.29, 1.82) is 0 Å². The number of carboxylic acid groups (broad SMARTS) is 2. The smallest absolute Gasteiger partial charge is 0.330 e. The van der Waals surface area contributed by atoms with Crippen LogP contribution in [0.15, 0.2) is 24.3 Å². The lowest BCUT2D eigenvalue weighted by atomic mass is 10.3. The highest BCUT2D eigenvalue weighted by Crippen LogP contribution is 1.81. The summed E-state index contributed by atoms with van der Waals surface area (Å²) in [6.07, 6.45) is 0.655. The highest BCUT2D eigenvalue weighted by atomic mass is 16.4. The standard InChI is InChI=1S/3C4H6O2/c1-4(6)2-3-5;2*1-3(2)4(5)6/h3H,2H2,1H3;2*1H2,2H3,(H,5,6). The molecule has 6 nitrogen and oxygen atoms in total. The predicted octanol–water partition coefficient (Wildman–Crippen LogP) is 1.46. The normalized spacial score (nSPS) is 7.50. The predicted molar refractivity (Wildman–Crippen MR) is 66.3 cm³/mol. The van der Waals surface area contributed by atoms with Crippen LogP contribution in [0.3, 0.4) is 0 Å². The fraction of sp³-hybridized carbons (Fsp3) is 0.333. The molecule has 0 aromatic rings. The molecule has 0 radical (unpaired) electrons. The average Bonchev–Trinajstić information content (AvgIpc) is 2.18. The molecule has 0 rings (SSSR count). The zero-order valence-electron chi connectivity index (χ0n) is 10.7. The van der Waals surface area contributed by atoms with Gasteiger partial charge in [-0.3, -0.25) is 4.79 Å². The SMILES string of the molecule is C=C(C)C(=O)O.C=C(C)C(=O)O.CC(=O)CC=O. The molecule has 0 amide bonds. The molecule has 0 heterocycles. The maximum Gasteiger partial charge on any atom is 0.330 e. The Bertz CT molecular complexity index is 292. The van der Waals surface area contributed by atoms with E-state index in [1.165, 1.54) is 20.8 Å². The molecule has 0 unspecified atom stereocenters. The van der Waals surface area contributed by atoms with Crippen LogP contribution in [0.1, 0.15) is 27.2 Å². The Morgan fingerprint density at radius 2 is 1.17 bits per heavy atom. The number of rotatable bonds is 4. The maximum atomic E-state index is 9.81. The average molecular weight is 258 g/mol. The van der Waals surface area contributed by atoms with Crippen LogP contribution >= 0.6 is 0 Å². The lowest BCUT2D eigenvalue weighted by Gasteiger charge is -1.79. The first kappa shape index (κ1) is 21.1. The van der Waals surface area contributed by atoms with Gasteiger partial charge in [0.2, 0.25) is 0 Å². The molecule has 0 aliphatic rings. The van der Waals surface area contributed by atoms with Gasteiger partial charge in [-0.1, -0.05) is 13.2 Å². The summed E-state index contributed by atoms with van der Waals surface area (Å²) in [6, 6.07) is 0. The van der Waals surface area contributed by atoms with Gasteiger partial charge in [0, 0.05) is 11.1 Å². The molecule has 0 aliphatic heterocycles. The molecular formula is C12H18O6. The number of hydrogen-bond acceptors (Lipinski definition) is 4. The van der Waals surface area contributed by atoms with Gasteiger partial charge in [-0.05, 0) is 20.8 Å². The van der Waals surface area contributed by atoms with Crippen LogP contribution in [0.2, 0.25) is 0 Å². The van der Waals surface area contributed by atoms with Crippen LogP contribution in [0.4, 0.5) is 0 Å². The van der Waals surface area contributed by atoms with E-state index in [9.17, 15) is 19.2 Å². The van der Waals surface area contributed by atoms with Gasteiger partial charge in [0.15, 0.2) is 0 Å². The third kappa shape index (κ3) is 29.2. The van der Waals surface area contributed by atoms with Gasteiger partial charge in [-0.2, -0.15) is 0 Å². The summed E-state index contributed by atoms with van der Waals surface area (Å²) in [4.78, 5) is 38.4. The van der Waals surface area contributed by atoms with Crippen LogP contribution in [-0.4, -0.2) is 34.2 Å². The van der Waals surface area contributed by atoms with Crippen molar-refractivity contribution in [1.82, 2.24) is 0 Å². The first-order valence-corrected chi connectivity index (χ1v) is 4.76. The van der Waals surface area contributed by atoms with Gasteiger partial charge in [-0.25, -0.2) is 9.59 Å². The summed E-state index contributed by atoms with van der Waals surface area (Å²) in [6.45, 7) is 10.6. The van der Waals surface area contributed by atoms with E-state index >= 15 is 0 Å². The van der Waals surface area contributed by atoms with Crippen molar-refractivity contribution in [3.8, 4) is 0 Å². The number of carbonyl (C=O) groups excluding carboxylic acids is 2. The monoisotopic (exact) mass is 258 g/mol. The molecule has 0 atom stereocenters. The van der Waals surface area contributed by atoms with Gasteiger partial charge in [-0.15, -0.1) is 0 Å². The number of hydrogen-bond donors (Lipinski definition) is 2. The third-order valence-electron chi connectivity index (χ3n) is 1.10. The number of ketones is 1. The largest absolute Gasteiger partial charge is 0.478 e. The number of carbonyl (C=O) groups is 4. The third-order valence-corrected chi connectivity index (χ3v) is 1.10. The first-order valence-electron chi connectivity index (χ1n) is 4.76. The van der Waals surface area contributed by atoms with Crippen molar-refractivity contribution in [3.63, 3.8) is 0 Å². The molecule has 0 spiro atoms. The Labute approximate surface area is 106 Å². The van der Waals surface area contributed by atoms with Gasteiger partial charge in [0.25, 0.3) is 0 Å². The summed E-state index contributed by atoms with van der Waals surface area (Å²) in [7, 11) is 0. The van der Waals surface area contributed by atoms with Crippen molar-refractivity contribution in [2.24, 2.45) is 0 Å². The summed E-state index contributed by atoms with van der Waals surface area (Å²) in [5.41, 5.74) is 0.352. The topological polar surface area (TPSA) is 109 Å². The van der Waals surface area contributed by atoms with Gasteiger partial charge in [0.1, 0.15) is 12.1 Å². The van der Waals surface area contributed by atoms with Crippen LogP contribution in [0, 0.1) is 0 Å². The fourth-order valence-corrected chi connectivity index (χ4v) is 0.117. The molecule has 0 saturated heterocycles. The minimum absolute atomic E-state index is 0.0556. The molecule has 18 heavy (non-hydrogen) atoms. The van der Waals surface area contributed by atoms with E-state index in [1.54, 1.807) is 0 Å². The molecule has 0 aromatic carbocycles. The second-order valence-electron chi connectivity index (χ2n) is 3.24. The summed E-state index contributed by atoms with van der Waals surface area (Å²) < 4.78 is 0. The van der Waals surface area contributed by atoms with E-state index in [4.69, 9.17) is 10.2 Å². The summed E-state index contributed by atoms with van der Waals surface area (Å²) >= 11 is 0. The highest BCUT2D eigenvalue weighted by Gasteiger charge is 1.90. The Hall–Kier alpha value is -2.24. The quantitative estimate of drug-likeness (QED) is 0.449. The van der Waals surface area contributed by atoms with Gasteiger partial charge >= 0.3 is 11.9 Å². The minimum Gasteiger partial charge on any atom is -0.478 e. The van der Waals surface area contributed by atoms with Gasteiger partial charge < -0.3 is 15.0 Å². The lowest BCUT2D eigenvalue weighted by molar-refractivity contribution is -0.133. The first-order chi connectivity index (χ1) is 8.06. The van der Waals surface area contributed by atoms with Crippen molar-refractivity contribution in [2.45, 2.75) is 27.2 Å². The van der Waals surface area contributed by atoms with Crippen molar-refractivity contribution >= 4 is 24.0 Å². The van der Waals surface area contributed by atoms with Crippen molar-refractivity contribution in [2.75, 3.05) is 0 Å². The van der Waals surface area contributed by atoms with Gasteiger partial charge in [0.05, 0.1) is 6.42 Å². The van der Waals surface area contributed by atoms with E-state index in [0.29, 0.717) is 6.29 Å². The molecule has 102 valence electrons. The maximum absolute atomic E-state index is 9.81. The van der Waals surface area contributed by atoms with E-state index in [2.05, 4.69) is 13.2 Å². The number of Topliss-reactive ketones (excluding diaryl/α,β-unsaturated/α-hetero) is 1. The summed E-state index contributed by atoms with van der Waals surface area (Å²) in [5.74, 6) is -1.95. The molecule has 6 heteroatoms. The van der Waals surface area contributed by atoms with Crippen LogP contribution in [0.25, 0.3) is 0 Å². The van der Waals surface area contributed by atoms with E-state index in [-0.39, 0.29) is 23.4 Å². The Balaban J connectivity index is -0.000000187. The zero-order chi connectivity index (χ0) is 15.3. The Morgan fingerprint density at radius 1 is 0.944 bits per heavy atom. The van der Waals surface area contributed by atoms with E-state index in [0.717, 1.165) is 0 Å². The number of carboxylic acids is 2.